The zero-order valence-electron chi connectivity index (χ0n) is 18.2. The molecule has 176 valence electrons. The molecule has 3 aromatic carbocycles. The Bertz CT molecular complexity index is 1340. The Morgan fingerprint density at radius 2 is 1.69 bits per heavy atom. The Labute approximate surface area is 222 Å². The van der Waals surface area contributed by atoms with Crippen LogP contribution in [-0.2, 0) is 22.6 Å². The molecule has 9 heteroatoms. The third-order valence-corrected chi connectivity index (χ3v) is 7.42. The lowest BCUT2D eigenvalue weighted by Crippen LogP contribution is -2.32. The summed E-state index contributed by atoms with van der Waals surface area (Å²) in [6, 6.07) is 23.1. The second-order valence-corrected chi connectivity index (χ2v) is 10.1. The normalized spacial score (nSPS) is 16.7. The van der Waals surface area contributed by atoms with Gasteiger partial charge >= 0.3 is 0 Å². The molecular formula is C26H18Cl3N3O2S. The standard InChI is InChI=1S/C26H18Cl3N3O2S/c27-18-6-9-20(10-7-18)32-25(34)23(13-17-12-19(28)8-11-22(17)29)35-26(32)21(14-30)24(33)31-15-16-4-2-1-3-5-16/h1-12,23H,13,15H2,(H,31,33)/b26-21-/t23-/m1/s1. The van der Waals surface area contributed by atoms with Crippen molar-refractivity contribution in [3.8, 4) is 6.07 Å². The predicted molar refractivity (Wildman–Crippen MR) is 141 cm³/mol. The average Bonchev–Trinajstić information content (AvgIpc) is 3.17. The van der Waals surface area contributed by atoms with E-state index in [1.165, 1.54) is 4.90 Å². The van der Waals surface area contributed by atoms with E-state index in [2.05, 4.69) is 5.32 Å². The number of nitrogens with zero attached hydrogens (tertiary/aromatic N) is 2. The molecule has 0 aromatic heterocycles. The number of anilines is 1. The van der Waals surface area contributed by atoms with Crippen molar-refractivity contribution in [2.75, 3.05) is 4.90 Å². The van der Waals surface area contributed by atoms with E-state index in [0.717, 1.165) is 17.3 Å². The van der Waals surface area contributed by atoms with Gasteiger partial charge in [0.1, 0.15) is 16.7 Å². The average molecular weight is 543 g/mol. The Balaban J connectivity index is 1.69. The first-order valence-corrected chi connectivity index (χ1v) is 12.6. The van der Waals surface area contributed by atoms with E-state index < -0.39 is 11.2 Å². The monoisotopic (exact) mass is 541 g/mol. The number of halogens is 3. The number of amides is 2. The predicted octanol–water partition coefficient (Wildman–Crippen LogP) is 6.39. The molecular weight excluding hydrogens is 525 g/mol. The minimum Gasteiger partial charge on any atom is -0.347 e. The van der Waals surface area contributed by atoms with Crippen molar-refractivity contribution < 1.29 is 9.59 Å². The van der Waals surface area contributed by atoms with E-state index in [9.17, 15) is 14.9 Å². The minimum atomic E-state index is -0.609. The Morgan fingerprint density at radius 1 is 1.00 bits per heavy atom. The van der Waals surface area contributed by atoms with Gasteiger partial charge in [-0.05, 0) is 60.0 Å². The lowest BCUT2D eigenvalue weighted by molar-refractivity contribution is -0.117. The lowest BCUT2D eigenvalue weighted by Gasteiger charge is -2.19. The summed E-state index contributed by atoms with van der Waals surface area (Å²) in [4.78, 5) is 28.0. The molecule has 0 bridgehead atoms. The Hall–Kier alpha value is -2.95. The molecule has 4 rings (SSSR count). The van der Waals surface area contributed by atoms with Crippen LogP contribution in [0.4, 0.5) is 5.69 Å². The molecule has 1 aliphatic heterocycles. The topological polar surface area (TPSA) is 73.2 Å². The smallest absolute Gasteiger partial charge is 0.264 e. The Kier molecular flexibility index (Phi) is 8.04. The molecule has 1 saturated heterocycles. The fraction of sp³-hybridized carbons (Fsp3) is 0.115. The van der Waals surface area contributed by atoms with Crippen LogP contribution in [0.1, 0.15) is 11.1 Å². The van der Waals surface area contributed by atoms with Crippen LogP contribution in [-0.4, -0.2) is 17.1 Å². The van der Waals surface area contributed by atoms with Crippen molar-refractivity contribution >= 4 is 64.1 Å². The third kappa shape index (κ3) is 5.83. The van der Waals surface area contributed by atoms with Crippen LogP contribution >= 0.6 is 46.6 Å². The maximum absolute atomic E-state index is 13.5. The minimum absolute atomic E-state index is 0.145. The van der Waals surface area contributed by atoms with Gasteiger partial charge < -0.3 is 5.32 Å². The molecule has 1 atom stereocenters. The van der Waals surface area contributed by atoms with E-state index in [0.29, 0.717) is 26.3 Å². The maximum atomic E-state index is 13.5. The van der Waals surface area contributed by atoms with Crippen LogP contribution in [0.2, 0.25) is 15.1 Å². The largest absolute Gasteiger partial charge is 0.347 e. The summed E-state index contributed by atoms with van der Waals surface area (Å²) in [5.74, 6) is -0.834. The van der Waals surface area contributed by atoms with Crippen molar-refractivity contribution in [1.82, 2.24) is 5.32 Å². The highest BCUT2D eigenvalue weighted by Crippen LogP contribution is 2.42. The van der Waals surface area contributed by atoms with Gasteiger partial charge in [-0.15, -0.1) is 0 Å². The van der Waals surface area contributed by atoms with E-state index in [1.54, 1.807) is 42.5 Å². The molecule has 35 heavy (non-hydrogen) atoms. The first-order chi connectivity index (χ1) is 16.9. The SMILES string of the molecule is N#C/C(C(=O)NCc1ccccc1)=C1/S[C@H](Cc2cc(Cl)ccc2Cl)C(=O)N1c1ccc(Cl)cc1. The summed E-state index contributed by atoms with van der Waals surface area (Å²) in [6.45, 7) is 0.249. The highest BCUT2D eigenvalue weighted by Gasteiger charge is 2.41. The number of thioether (sulfide) groups is 1. The zero-order valence-corrected chi connectivity index (χ0v) is 21.3. The molecule has 1 aliphatic rings. The van der Waals surface area contributed by atoms with Gasteiger partial charge in [0.05, 0.1) is 5.25 Å². The number of rotatable bonds is 6. The van der Waals surface area contributed by atoms with Crippen LogP contribution in [0.25, 0.3) is 0 Å². The molecule has 0 unspecified atom stereocenters. The maximum Gasteiger partial charge on any atom is 0.264 e. The summed E-state index contributed by atoms with van der Waals surface area (Å²) in [5, 5.41) is 13.8. The molecule has 1 fully saturated rings. The highest BCUT2D eigenvalue weighted by molar-refractivity contribution is 8.05. The second kappa shape index (κ2) is 11.2. The van der Waals surface area contributed by atoms with Gasteiger partial charge in [0.25, 0.3) is 5.91 Å². The van der Waals surface area contributed by atoms with Gasteiger partial charge in [-0.1, -0.05) is 76.9 Å². The van der Waals surface area contributed by atoms with E-state index in [4.69, 9.17) is 34.8 Å². The summed E-state index contributed by atoms with van der Waals surface area (Å²) in [6.07, 6.45) is 0.279. The lowest BCUT2D eigenvalue weighted by atomic mass is 10.1. The number of benzene rings is 3. The number of hydrogen-bond acceptors (Lipinski definition) is 4. The quantitative estimate of drug-likeness (QED) is 0.289. The zero-order chi connectivity index (χ0) is 24.9. The fourth-order valence-corrected chi connectivity index (χ4v) is 5.39. The van der Waals surface area contributed by atoms with Crippen molar-refractivity contribution in [3.05, 3.63) is 110 Å². The van der Waals surface area contributed by atoms with E-state index >= 15 is 0 Å². The van der Waals surface area contributed by atoms with Gasteiger partial charge in [0.15, 0.2) is 0 Å². The van der Waals surface area contributed by atoms with Crippen molar-refractivity contribution in [1.29, 1.82) is 5.26 Å². The van der Waals surface area contributed by atoms with Gasteiger partial charge in [0, 0.05) is 27.3 Å². The van der Waals surface area contributed by atoms with Crippen LogP contribution in [0.3, 0.4) is 0 Å². The summed E-state index contributed by atoms with van der Waals surface area (Å²) in [7, 11) is 0. The molecule has 0 aliphatic carbocycles. The van der Waals surface area contributed by atoms with Gasteiger partial charge in [-0.25, -0.2) is 0 Å². The van der Waals surface area contributed by atoms with Crippen molar-refractivity contribution in [2.45, 2.75) is 18.2 Å². The van der Waals surface area contributed by atoms with Crippen LogP contribution in [0.15, 0.2) is 83.4 Å². The Morgan fingerprint density at radius 3 is 2.37 bits per heavy atom. The molecule has 0 spiro atoms. The van der Waals surface area contributed by atoms with E-state index in [1.807, 2.05) is 36.4 Å². The fourth-order valence-electron chi connectivity index (χ4n) is 3.58. The summed E-state index contributed by atoms with van der Waals surface area (Å²) >= 11 is 19.7. The van der Waals surface area contributed by atoms with Crippen LogP contribution < -0.4 is 10.2 Å². The molecule has 1 N–H and O–H groups in total. The number of nitrogens with one attached hydrogen (secondary N) is 1. The first-order valence-electron chi connectivity index (χ1n) is 10.5. The summed E-state index contributed by atoms with van der Waals surface area (Å²) < 4.78 is 0. The molecule has 5 nitrogen and oxygen atoms in total. The first kappa shape index (κ1) is 25.2. The molecule has 0 saturated carbocycles. The molecule has 2 amide bonds. The van der Waals surface area contributed by atoms with E-state index in [-0.39, 0.29) is 29.5 Å². The van der Waals surface area contributed by atoms with Crippen LogP contribution in [0, 0.1) is 11.3 Å². The number of hydrogen-bond donors (Lipinski definition) is 1. The van der Waals surface area contributed by atoms with Crippen LogP contribution in [0.5, 0.6) is 0 Å². The number of carbonyl (C=O) groups is 2. The highest BCUT2D eigenvalue weighted by atomic mass is 35.5. The van der Waals surface area contributed by atoms with Crippen molar-refractivity contribution in [3.63, 3.8) is 0 Å². The van der Waals surface area contributed by atoms with Gasteiger partial charge in [-0.2, -0.15) is 5.26 Å². The van der Waals surface area contributed by atoms with Crippen molar-refractivity contribution in [2.24, 2.45) is 0 Å². The third-order valence-electron chi connectivity index (χ3n) is 5.30. The molecule has 0 radical (unpaired) electrons. The number of carbonyl (C=O) groups excluding carboxylic acids is 2. The van der Waals surface area contributed by atoms with Gasteiger partial charge in [0.2, 0.25) is 5.91 Å². The summed E-state index contributed by atoms with van der Waals surface area (Å²) in [5.41, 5.74) is 1.95. The second-order valence-electron chi connectivity index (χ2n) is 7.66. The number of nitriles is 1. The molecule has 3 aromatic rings. The van der Waals surface area contributed by atoms with Gasteiger partial charge in [-0.3, -0.25) is 14.5 Å². The molecule has 1 heterocycles.